The van der Waals surface area contributed by atoms with Gasteiger partial charge in [-0.2, -0.15) is 4.98 Å². The Kier molecular flexibility index (Phi) is 2.93. The fraction of sp³-hybridized carbons (Fsp3) is 0.200. The summed E-state index contributed by atoms with van der Waals surface area (Å²) in [5, 5.41) is 12.5. The van der Waals surface area contributed by atoms with Gasteiger partial charge in [-0.25, -0.2) is 4.39 Å². The third-order valence-corrected chi connectivity index (χ3v) is 2.04. The Hall–Kier alpha value is -1.79. The molecule has 0 fully saturated rings. The molecule has 0 bridgehead atoms. The first kappa shape index (κ1) is 10.7. The first-order chi connectivity index (χ1) is 7.70. The Labute approximate surface area is 90.7 Å². The molecule has 1 heterocycles. The number of hydrogen-bond acceptors (Lipinski definition) is 5. The van der Waals surface area contributed by atoms with Crippen LogP contribution in [0.3, 0.4) is 0 Å². The minimum absolute atomic E-state index is 0.127. The van der Waals surface area contributed by atoms with Crippen molar-refractivity contribution < 1.29 is 14.0 Å². The Morgan fingerprint density at radius 2 is 2.31 bits per heavy atom. The molecule has 0 aliphatic heterocycles. The van der Waals surface area contributed by atoms with E-state index >= 15 is 0 Å². The quantitative estimate of drug-likeness (QED) is 0.806. The van der Waals surface area contributed by atoms with Crippen molar-refractivity contribution in [3.05, 3.63) is 36.0 Å². The Bertz CT molecular complexity index is 486. The van der Waals surface area contributed by atoms with Gasteiger partial charge in [-0.15, -0.1) is 0 Å². The number of benzene rings is 1. The third-order valence-electron chi connectivity index (χ3n) is 2.04. The van der Waals surface area contributed by atoms with Crippen molar-refractivity contribution in [1.29, 1.82) is 0 Å². The average Bonchev–Trinajstić information content (AvgIpc) is 2.77. The van der Waals surface area contributed by atoms with E-state index in [-0.39, 0.29) is 24.1 Å². The molecule has 0 aliphatic rings. The van der Waals surface area contributed by atoms with Crippen molar-refractivity contribution in [2.75, 3.05) is 6.61 Å². The van der Waals surface area contributed by atoms with Gasteiger partial charge >= 0.3 is 0 Å². The monoisotopic (exact) mass is 223 g/mol. The van der Waals surface area contributed by atoms with Crippen LogP contribution in [0.25, 0.3) is 11.4 Å². The summed E-state index contributed by atoms with van der Waals surface area (Å²) in [6.07, 6.45) is 0. The second-order valence-electron chi connectivity index (χ2n) is 3.26. The highest BCUT2D eigenvalue weighted by atomic mass is 19.1. The second-order valence-corrected chi connectivity index (χ2v) is 3.26. The molecule has 1 atom stereocenters. The molecule has 0 saturated carbocycles. The SMILES string of the molecule is NC(CO)c1nc(-c2cccc(F)c2)no1. The first-order valence-electron chi connectivity index (χ1n) is 4.66. The van der Waals surface area contributed by atoms with Gasteiger partial charge in [0, 0.05) is 5.56 Å². The molecule has 16 heavy (non-hydrogen) atoms. The van der Waals surface area contributed by atoms with Crippen molar-refractivity contribution in [3.8, 4) is 11.4 Å². The molecule has 1 unspecified atom stereocenters. The molecule has 0 spiro atoms. The lowest BCUT2D eigenvalue weighted by molar-refractivity contribution is 0.237. The smallest absolute Gasteiger partial charge is 0.246 e. The molecule has 1 aromatic carbocycles. The molecule has 5 nitrogen and oxygen atoms in total. The molecule has 2 aromatic rings. The molecule has 0 aliphatic carbocycles. The van der Waals surface area contributed by atoms with Gasteiger partial charge in [0.1, 0.15) is 11.9 Å². The number of hydrogen-bond donors (Lipinski definition) is 2. The van der Waals surface area contributed by atoms with Crippen molar-refractivity contribution in [2.24, 2.45) is 5.73 Å². The number of aromatic nitrogens is 2. The lowest BCUT2D eigenvalue weighted by atomic mass is 10.2. The molecule has 6 heteroatoms. The average molecular weight is 223 g/mol. The van der Waals surface area contributed by atoms with Crippen LogP contribution in [0.1, 0.15) is 11.9 Å². The van der Waals surface area contributed by atoms with Gasteiger partial charge in [-0.05, 0) is 12.1 Å². The van der Waals surface area contributed by atoms with Crippen LogP contribution in [-0.2, 0) is 0 Å². The van der Waals surface area contributed by atoms with Gasteiger partial charge in [-0.3, -0.25) is 0 Å². The largest absolute Gasteiger partial charge is 0.394 e. The molecule has 3 N–H and O–H groups in total. The number of nitrogens with zero attached hydrogens (tertiary/aromatic N) is 2. The van der Waals surface area contributed by atoms with Gasteiger partial charge < -0.3 is 15.4 Å². The van der Waals surface area contributed by atoms with Crippen LogP contribution in [0, 0.1) is 5.82 Å². The van der Waals surface area contributed by atoms with Crippen molar-refractivity contribution in [3.63, 3.8) is 0 Å². The minimum Gasteiger partial charge on any atom is -0.394 e. The van der Waals surface area contributed by atoms with Gasteiger partial charge in [0.15, 0.2) is 0 Å². The highest BCUT2D eigenvalue weighted by Crippen LogP contribution is 2.18. The summed E-state index contributed by atoms with van der Waals surface area (Å²) in [4.78, 5) is 3.96. The van der Waals surface area contributed by atoms with Gasteiger partial charge in [0.25, 0.3) is 0 Å². The minimum atomic E-state index is -0.713. The van der Waals surface area contributed by atoms with E-state index in [1.54, 1.807) is 12.1 Å². The molecular formula is C10H10FN3O2. The molecule has 0 saturated heterocycles. The number of nitrogens with two attached hydrogens (primary N) is 1. The molecule has 2 rings (SSSR count). The van der Waals surface area contributed by atoms with Gasteiger partial charge in [-0.1, -0.05) is 17.3 Å². The van der Waals surface area contributed by atoms with Crippen LogP contribution < -0.4 is 5.73 Å². The molecule has 1 aromatic heterocycles. The summed E-state index contributed by atoms with van der Waals surface area (Å²) in [6, 6.07) is 5.10. The van der Waals surface area contributed by atoms with Gasteiger partial charge in [0.2, 0.25) is 11.7 Å². The van der Waals surface area contributed by atoms with E-state index in [9.17, 15) is 4.39 Å². The van der Waals surface area contributed by atoms with Crippen LogP contribution in [0.2, 0.25) is 0 Å². The van der Waals surface area contributed by atoms with Crippen LogP contribution in [0.5, 0.6) is 0 Å². The van der Waals surface area contributed by atoms with Crippen LogP contribution >= 0.6 is 0 Å². The standard InChI is InChI=1S/C10H10FN3O2/c11-7-3-1-2-6(4-7)9-13-10(16-14-9)8(12)5-15/h1-4,8,15H,5,12H2. The number of rotatable bonds is 3. The summed E-state index contributed by atoms with van der Waals surface area (Å²) >= 11 is 0. The van der Waals surface area contributed by atoms with E-state index in [0.29, 0.717) is 5.56 Å². The van der Waals surface area contributed by atoms with Crippen molar-refractivity contribution in [2.45, 2.75) is 6.04 Å². The predicted molar refractivity (Wildman–Crippen MR) is 53.7 cm³/mol. The normalized spacial score (nSPS) is 12.7. The summed E-state index contributed by atoms with van der Waals surface area (Å²) in [6.45, 7) is -0.287. The fourth-order valence-corrected chi connectivity index (χ4v) is 1.21. The highest BCUT2D eigenvalue weighted by molar-refractivity contribution is 5.53. The summed E-state index contributed by atoms with van der Waals surface area (Å²) in [5.41, 5.74) is 6.00. The third kappa shape index (κ3) is 2.07. The number of aliphatic hydroxyl groups excluding tert-OH is 1. The van der Waals surface area contributed by atoms with E-state index in [1.165, 1.54) is 12.1 Å². The Morgan fingerprint density at radius 3 is 3.00 bits per heavy atom. The molecular weight excluding hydrogens is 213 g/mol. The highest BCUT2D eigenvalue weighted by Gasteiger charge is 2.14. The lowest BCUT2D eigenvalue weighted by Gasteiger charge is -1.98. The summed E-state index contributed by atoms with van der Waals surface area (Å²) in [5.74, 6) is -0.00420. The molecule has 0 radical (unpaired) electrons. The zero-order chi connectivity index (χ0) is 11.5. The van der Waals surface area contributed by atoms with Gasteiger partial charge in [0.05, 0.1) is 6.61 Å². The topological polar surface area (TPSA) is 85.2 Å². The van der Waals surface area contributed by atoms with Crippen LogP contribution in [0.4, 0.5) is 4.39 Å². The van der Waals surface area contributed by atoms with E-state index in [2.05, 4.69) is 10.1 Å². The second kappa shape index (κ2) is 4.38. The summed E-state index contributed by atoms with van der Waals surface area (Å²) < 4.78 is 17.8. The summed E-state index contributed by atoms with van der Waals surface area (Å²) in [7, 11) is 0. The molecule has 0 amide bonds. The maximum Gasteiger partial charge on any atom is 0.246 e. The lowest BCUT2D eigenvalue weighted by Crippen LogP contribution is -2.14. The maximum absolute atomic E-state index is 12.9. The van der Waals surface area contributed by atoms with Crippen molar-refractivity contribution in [1.82, 2.24) is 10.1 Å². The van der Waals surface area contributed by atoms with Crippen LogP contribution in [0.15, 0.2) is 28.8 Å². The van der Waals surface area contributed by atoms with E-state index in [1.807, 2.05) is 0 Å². The fourth-order valence-electron chi connectivity index (χ4n) is 1.21. The number of halogens is 1. The zero-order valence-corrected chi connectivity index (χ0v) is 8.30. The Morgan fingerprint density at radius 1 is 1.50 bits per heavy atom. The van der Waals surface area contributed by atoms with Crippen LogP contribution in [-0.4, -0.2) is 21.9 Å². The first-order valence-corrected chi connectivity index (χ1v) is 4.66. The zero-order valence-electron chi connectivity index (χ0n) is 8.30. The Balaban J connectivity index is 2.31. The van der Waals surface area contributed by atoms with E-state index in [4.69, 9.17) is 15.4 Å². The predicted octanol–water partition coefficient (Wildman–Crippen LogP) is 0.868. The van der Waals surface area contributed by atoms with Crippen molar-refractivity contribution >= 4 is 0 Å². The maximum atomic E-state index is 12.9. The van der Waals surface area contributed by atoms with E-state index in [0.717, 1.165) is 0 Å². The number of aliphatic hydroxyl groups is 1. The molecule has 84 valence electrons. The van der Waals surface area contributed by atoms with E-state index < -0.39 is 6.04 Å².